The van der Waals surface area contributed by atoms with E-state index in [9.17, 15) is 22.8 Å². The quantitative estimate of drug-likeness (QED) is 0.582. The van der Waals surface area contributed by atoms with Crippen LogP contribution in [0.3, 0.4) is 0 Å². The van der Waals surface area contributed by atoms with Gasteiger partial charge in [-0.2, -0.15) is 13.2 Å². The highest BCUT2D eigenvalue weighted by atomic mass is 19.4. The van der Waals surface area contributed by atoms with Crippen LogP contribution in [0.4, 0.5) is 18.9 Å². The lowest BCUT2D eigenvalue weighted by Gasteiger charge is -2.29. The molecule has 1 heterocycles. The van der Waals surface area contributed by atoms with E-state index in [1.165, 1.54) is 10.6 Å². The highest BCUT2D eigenvalue weighted by Gasteiger charge is 2.44. The van der Waals surface area contributed by atoms with Crippen molar-refractivity contribution in [1.82, 2.24) is 9.47 Å². The molecule has 3 aromatic rings. The Morgan fingerprint density at radius 2 is 1.88 bits per heavy atom. The Kier molecular flexibility index (Phi) is 6.09. The molecule has 2 aromatic carbocycles. The average Bonchev–Trinajstić information content (AvgIpc) is 3.37. The second-order valence-electron chi connectivity index (χ2n) is 8.83. The maximum absolute atomic E-state index is 13.4. The number of anilines is 1. The molecule has 6 nitrogen and oxygen atoms in total. The van der Waals surface area contributed by atoms with Gasteiger partial charge in [-0.25, -0.2) is 4.79 Å². The number of nitrogens with one attached hydrogen (secondary N) is 1. The van der Waals surface area contributed by atoms with E-state index >= 15 is 0 Å². The van der Waals surface area contributed by atoms with E-state index in [1.807, 2.05) is 19.0 Å². The van der Waals surface area contributed by atoms with Gasteiger partial charge in [-0.3, -0.25) is 9.36 Å². The number of carbonyl (C=O) groups excluding carboxylic acids is 1. The molecule has 0 spiro atoms. The van der Waals surface area contributed by atoms with Crippen LogP contribution in [0.1, 0.15) is 36.8 Å². The normalized spacial score (nSPS) is 15.9. The SMILES string of the molecule is CN(C)CCn1c(=O)oc2ccc(NC(=O)C3(c4cccc(C(F)(F)F)c4)CCCC3)cc21. The number of alkyl halides is 3. The third-order valence-electron chi connectivity index (χ3n) is 6.33. The summed E-state index contributed by atoms with van der Waals surface area (Å²) in [6.07, 6.45) is -2.01. The van der Waals surface area contributed by atoms with Gasteiger partial charge in [0, 0.05) is 18.8 Å². The van der Waals surface area contributed by atoms with E-state index in [-0.39, 0.29) is 5.91 Å². The Hall–Kier alpha value is -3.07. The molecule has 1 aliphatic rings. The molecule has 9 heteroatoms. The van der Waals surface area contributed by atoms with Gasteiger partial charge in [-0.1, -0.05) is 31.0 Å². The summed E-state index contributed by atoms with van der Waals surface area (Å²) in [4.78, 5) is 27.6. The molecule has 0 unspecified atom stereocenters. The minimum absolute atomic E-state index is 0.343. The van der Waals surface area contributed by atoms with Crippen LogP contribution in [0, 0.1) is 0 Å². The van der Waals surface area contributed by atoms with Crippen LogP contribution in [0.5, 0.6) is 0 Å². The molecular formula is C24H26F3N3O3. The predicted molar refractivity (Wildman–Crippen MR) is 119 cm³/mol. The molecule has 0 radical (unpaired) electrons. The second kappa shape index (κ2) is 8.70. The number of fused-ring (bicyclic) bond motifs is 1. The Bertz CT molecular complexity index is 1220. The first-order chi connectivity index (χ1) is 15.6. The molecular weight excluding hydrogens is 435 g/mol. The first-order valence-corrected chi connectivity index (χ1v) is 10.9. The zero-order valence-electron chi connectivity index (χ0n) is 18.5. The van der Waals surface area contributed by atoms with Gasteiger partial charge in [0.2, 0.25) is 5.91 Å². The molecule has 1 aliphatic carbocycles. The van der Waals surface area contributed by atoms with Crippen molar-refractivity contribution in [2.75, 3.05) is 26.0 Å². The average molecular weight is 461 g/mol. The molecule has 1 fully saturated rings. The van der Waals surface area contributed by atoms with Gasteiger partial charge >= 0.3 is 11.9 Å². The van der Waals surface area contributed by atoms with Crippen LogP contribution < -0.4 is 11.1 Å². The molecule has 1 amide bonds. The minimum Gasteiger partial charge on any atom is -0.408 e. The molecule has 0 atom stereocenters. The largest absolute Gasteiger partial charge is 0.419 e. The highest BCUT2D eigenvalue weighted by Crippen LogP contribution is 2.43. The fourth-order valence-corrected chi connectivity index (χ4v) is 4.52. The molecule has 0 bridgehead atoms. The number of halogens is 3. The lowest BCUT2D eigenvalue weighted by Crippen LogP contribution is -2.38. The van der Waals surface area contributed by atoms with Crippen molar-refractivity contribution >= 4 is 22.7 Å². The van der Waals surface area contributed by atoms with Crippen molar-refractivity contribution < 1.29 is 22.4 Å². The summed E-state index contributed by atoms with van der Waals surface area (Å²) in [5, 5.41) is 2.89. The van der Waals surface area contributed by atoms with E-state index in [0.717, 1.165) is 25.0 Å². The number of rotatable bonds is 6. The number of benzene rings is 2. The number of aromatic nitrogens is 1. The van der Waals surface area contributed by atoms with Crippen LogP contribution in [0.2, 0.25) is 0 Å². The number of oxazole rings is 1. The molecule has 176 valence electrons. The van der Waals surface area contributed by atoms with Crippen LogP contribution in [-0.4, -0.2) is 36.0 Å². The first-order valence-electron chi connectivity index (χ1n) is 10.9. The molecule has 0 saturated heterocycles. The zero-order valence-corrected chi connectivity index (χ0v) is 18.5. The summed E-state index contributed by atoms with van der Waals surface area (Å²) in [5.74, 6) is -0.823. The number of nitrogens with zero attached hydrogens (tertiary/aromatic N) is 2. The summed E-state index contributed by atoms with van der Waals surface area (Å²) in [5.41, 5.74) is 0.00923. The topological polar surface area (TPSA) is 67.5 Å². The number of carbonyl (C=O) groups is 1. The minimum atomic E-state index is -4.48. The predicted octanol–water partition coefficient (Wildman–Crippen LogP) is 4.63. The van der Waals surface area contributed by atoms with Crippen molar-refractivity contribution in [3.63, 3.8) is 0 Å². The Labute approximate surface area is 189 Å². The Balaban J connectivity index is 1.66. The van der Waals surface area contributed by atoms with Crippen LogP contribution in [-0.2, 0) is 22.9 Å². The van der Waals surface area contributed by atoms with Crippen molar-refractivity contribution in [1.29, 1.82) is 0 Å². The van der Waals surface area contributed by atoms with E-state index in [2.05, 4.69) is 5.32 Å². The van der Waals surface area contributed by atoms with Crippen molar-refractivity contribution in [2.24, 2.45) is 0 Å². The van der Waals surface area contributed by atoms with Crippen LogP contribution >= 0.6 is 0 Å². The summed E-state index contributed by atoms with van der Waals surface area (Å²) >= 11 is 0. The maximum atomic E-state index is 13.4. The third kappa shape index (κ3) is 4.55. The first kappa shape index (κ1) is 23.1. The molecule has 1 N–H and O–H groups in total. The fourth-order valence-electron chi connectivity index (χ4n) is 4.52. The number of likely N-dealkylation sites (N-methyl/N-ethyl adjacent to an activating group) is 1. The van der Waals surface area contributed by atoms with Gasteiger partial charge in [-0.15, -0.1) is 0 Å². The van der Waals surface area contributed by atoms with E-state index < -0.39 is 22.9 Å². The Morgan fingerprint density at radius 3 is 2.55 bits per heavy atom. The van der Waals surface area contributed by atoms with Crippen molar-refractivity contribution in [2.45, 2.75) is 43.8 Å². The monoisotopic (exact) mass is 461 g/mol. The van der Waals surface area contributed by atoms with E-state index in [0.29, 0.717) is 48.3 Å². The van der Waals surface area contributed by atoms with Gasteiger partial charge in [0.05, 0.1) is 16.5 Å². The lowest BCUT2D eigenvalue weighted by atomic mass is 9.77. The van der Waals surface area contributed by atoms with Gasteiger partial charge in [0.1, 0.15) is 0 Å². The van der Waals surface area contributed by atoms with Gasteiger partial charge in [0.25, 0.3) is 0 Å². The van der Waals surface area contributed by atoms with Gasteiger partial charge in [-0.05, 0) is 56.8 Å². The standard InChI is InChI=1S/C24H26F3N3O3/c1-29(2)12-13-30-19-15-18(8-9-20(19)33-22(30)32)28-21(31)23(10-3-4-11-23)16-6-5-7-17(14-16)24(25,26)27/h5-9,14-15H,3-4,10-13H2,1-2H3,(H,28,31). The summed E-state index contributed by atoms with van der Waals surface area (Å²) in [6, 6.07) is 9.97. The second-order valence-corrected chi connectivity index (χ2v) is 8.83. The molecule has 1 saturated carbocycles. The van der Waals surface area contributed by atoms with Gasteiger partial charge < -0.3 is 14.6 Å². The lowest BCUT2D eigenvalue weighted by molar-refractivity contribution is -0.137. The number of hydrogen-bond donors (Lipinski definition) is 1. The molecule has 1 aromatic heterocycles. The molecule has 33 heavy (non-hydrogen) atoms. The van der Waals surface area contributed by atoms with Crippen LogP contribution in [0.25, 0.3) is 11.1 Å². The van der Waals surface area contributed by atoms with Crippen LogP contribution in [0.15, 0.2) is 51.7 Å². The Morgan fingerprint density at radius 1 is 1.15 bits per heavy atom. The van der Waals surface area contributed by atoms with Gasteiger partial charge in [0.15, 0.2) is 5.58 Å². The smallest absolute Gasteiger partial charge is 0.408 e. The number of hydrogen-bond acceptors (Lipinski definition) is 4. The zero-order chi connectivity index (χ0) is 23.8. The van der Waals surface area contributed by atoms with Crippen molar-refractivity contribution in [3.8, 4) is 0 Å². The number of amides is 1. The van der Waals surface area contributed by atoms with Crippen molar-refractivity contribution in [3.05, 3.63) is 64.1 Å². The highest BCUT2D eigenvalue weighted by molar-refractivity contribution is 6.00. The van der Waals surface area contributed by atoms with E-state index in [4.69, 9.17) is 4.42 Å². The summed E-state index contributed by atoms with van der Waals surface area (Å²) in [6.45, 7) is 1.05. The molecule has 4 rings (SSSR count). The van der Waals surface area contributed by atoms with E-state index in [1.54, 1.807) is 24.3 Å². The molecule has 0 aliphatic heterocycles. The summed E-state index contributed by atoms with van der Waals surface area (Å²) in [7, 11) is 3.79. The fraction of sp³-hybridized carbons (Fsp3) is 0.417. The maximum Gasteiger partial charge on any atom is 0.419 e. The third-order valence-corrected chi connectivity index (χ3v) is 6.33. The summed E-state index contributed by atoms with van der Waals surface area (Å²) < 4.78 is 46.7.